The largest absolute Gasteiger partial charge is 0.456 e. The van der Waals surface area contributed by atoms with Gasteiger partial charge in [-0.1, -0.05) is 188 Å². The van der Waals surface area contributed by atoms with E-state index in [2.05, 4.69) is 153 Å². The highest BCUT2D eigenvalue weighted by Crippen LogP contribution is 2.39. The van der Waals surface area contributed by atoms with Gasteiger partial charge in [-0.15, -0.1) is 11.3 Å². The van der Waals surface area contributed by atoms with Gasteiger partial charge in [0, 0.05) is 49.3 Å². The molecule has 3 nitrogen and oxygen atoms in total. The number of furan rings is 1. The Labute approximate surface area is 367 Å². The highest BCUT2D eigenvalue weighted by Gasteiger charge is 2.11. The van der Waals surface area contributed by atoms with Crippen LogP contribution in [0, 0.1) is 19.3 Å². The van der Waals surface area contributed by atoms with Crippen molar-refractivity contribution in [1.82, 2.24) is 0 Å². The van der Waals surface area contributed by atoms with Gasteiger partial charge in [0.15, 0.2) is 0 Å². The molecule has 2 heterocycles. The molecule has 0 unspecified atom stereocenters. The van der Waals surface area contributed by atoms with E-state index in [-0.39, 0.29) is 0 Å². The number of aryl methyl sites for hydroxylation is 2. The van der Waals surface area contributed by atoms with Crippen molar-refractivity contribution in [3.05, 3.63) is 241 Å². The quantitative estimate of drug-likeness (QED) is 0.170. The van der Waals surface area contributed by atoms with Gasteiger partial charge in [-0.3, -0.25) is 0 Å². The molecule has 62 heavy (non-hydrogen) atoms. The lowest BCUT2D eigenvalue weighted by Gasteiger charge is -2.11. The van der Waals surface area contributed by atoms with E-state index in [1.165, 1.54) is 87.2 Å². The summed E-state index contributed by atoms with van der Waals surface area (Å²) in [6, 6.07) is 75.4. The Bertz CT molecular complexity index is 3130. The molecule has 0 amide bonds. The minimum absolute atomic E-state index is 0.640. The number of nitrogens with one attached hydrogen (secondary N) is 1. The third kappa shape index (κ3) is 9.48. The van der Waals surface area contributed by atoms with Crippen LogP contribution in [-0.4, -0.2) is 6.21 Å². The maximum Gasteiger partial charge on any atom is 0.135 e. The Morgan fingerprint density at radius 2 is 0.952 bits per heavy atom. The first kappa shape index (κ1) is 41.4. The fourth-order valence-corrected chi connectivity index (χ4v) is 8.67. The molecule has 0 bridgehead atoms. The first-order chi connectivity index (χ1) is 30.5. The van der Waals surface area contributed by atoms with Crippen LogP contribution in [0.4, 0.5) is 0 Å². The number of para-hydroxylation sites is 2. The van der Waals surface area contributed by atoms with Crippen molar-refractivity contribution < 1.29 is 4.42 Å². The van der Waals surface area contributed by atoms with Crippen molar-refractivity contribution in [3.63, 3.8) is 0 Å². The van der Waals surface area contributed by atoms with Gasteiger partial charge in [0.2, 0.25) is 0 Å². The molecule has 11 aromatic rings. The van der Waals surface area contributed by atoms with Gasteiger partial charge in [-0.25, -0.2) is 0 Å². The van der Waals surface area contributed by atoms with Crippen molar-refractivity contribution in [2.75, 3.05) is 0 Å². The third-order valence-corrected chi connectivity index (χ3v) is 12.1. The van der Waals surface area contributed by atoms with Gasteiger partial charge in [-0.05, 0) is 94.3 Å². The normalized spacial score (nSPS) is 10.6. The van der Waals surface area contributed by atoms with E-state index in [1.807, 2.05) is 78.9 Å². The summed E-state index contributed by atoms with van der Waals surface area (Å²) in [5.41, 5.74) is 19.5. The lowest BCUT2D eigenvalue weighted by atomic mass is 9.93. The van der Waals surface area contributed by atoms with E-state index in [0.29, 0.717) is 6.54 Å². The summed E-state index contributed by atoms with van der Waals surface area (Å²) in [5.74, 6) is 0. The smallest absolute Gasteiger partial charge is 0.135 e. The molecular formula is C58H48N2OS. The molecule has 9 aromatic carbocycles. The Morgan fingerprint density at radius 3 is 1.52 bits per heavy atom. The molecule has 0 fully saturated rings. The molecule has 0 radical (unpaired) electrons. The molecule has 4 heteroatoms. The zero-order valence-electron chi connectivity index (χ0n) is 35.0. The van der Waals surface area contributed by atoms with E-state index in [1.54, 1.807) is 11.3 Å². The van der Waals surface area contributed by atoms with Crippen LogP contribution in [0.15, 0.2) is 223 Å². The summed E-state index contributed by atoms with van der Waals surface area (Å²) >= 11 is 1.79. The predicted molar refractivity (Wildman–Crippen MR) is 267 cm³/mol. The first-order valence-corrected chi connectivity index (χ1v) is 21.7. The van der Waals surface area contributed by atoms with Gasteiger partial charge in [0.05, 0.1) is 0 Å². The summed E-state index contributed by atoms with van der Waals surface area (Å²) in [6.07, 6.45) is 1.46. The van der Waals surface area contributed by atoms with Crippen molar-refractivity contribution in [2.45, 2.75) is 20.4 Å². The topological polar surface area (TPSA) is 63.0 Å². The van der Waals surface area contributed by atoms with E-state index < -0.39 is 0 Å². The molecule has 0 aliphatic carbocycles. The van der Waals surface area contributed by atoms with Crippen LogP contribution < -0.4 is 5.73 Å². The van der Waals surface area contributed by atoms with Crippen molar-refractivity contribution >= 4 is 59.7 Å². The van der Waals surface area contributed by atoms with Gasteiger partial charge in [0.1, 0.15) is 11.2 Å². The summed E-state index contributed by atoms with van der Waals surface area (Å²) in [6.45, 7) is 4.88. The van der Waals surface area contributed by atoms with E-state index >= 15 is 0 Å². The number of rotatable bonds is 5. The van der Waals surface area contributed by atoms with Crippen molar-refractivity contribution in [2.24, 2.45) is 5.73 Å². The van der Waals surface area contributed by atoms with Crippen LogP contribution in [0.1, 0.15) is 22.3 Å². The fourth-order valence-electron chi connectivity index (χ4n) is 7.55. The number of nitrogens with two attached hydrogens (primary N) is 1. The van der Waals surface area contributed by atoms with E-state index in [0.717, 1.165) is 16.7 Å². The summed E-state index contributed by atoms with van der Waals surface area (Å²) in [7, 11) is 0. The summed E-state index contributed by atoms with van der Waals surface area (Å²) < 4.78 is 8.15. The number of fused-ring (bicyclic) bond motifs is 6. The van der Waals surface area contributed by atoms with Crippen LogP contribution in [-0.2, 0) is 6.54 Å². The fraction of sp³-hybridized carbons (Fsp3) is 0.0517. The number of thiophene rings is 1. The Morgan fingerprint density at radius 1 is 0.452 bits per heavy atom. The molecule has 3 N–H and O–H groups in total. The third-order valence-electron chi connectivity index (χ3n) is 11.0. The summed E-state index contributed by atoms with van der Waals surface area (Å²) in [5, 5.41) is 12.6. The zero-order valence-corrected chi connectivity index (χ0v) is 35.8. The molecule has 0 saturated heterocycles. The summed E-state index contributed by atoms with van der Waals surface area (Å²) in [4.78, 5) is 0. The highest BCUT2D eigenvalue weighted by atomic mass is 32.1. The average molecular weight is 821 g/mol. The van der Waals surface area contributed by atoms with Gasteiger partial charge < -0.3 is 15.6 Å². The molecule has 0 spiro atoms. The molecule has 0 atom stereocenters. The van der Waals surface area contributed by atoms with Gasteiger partial charge in [0.25, 0.3) is 0 Å². The second kappa shape index (κ2) is 19.8. The molecule has 11 rings (SSSR count). The van der Waals surface area contributed by atoms with Crippen LogP contribution in [0.3, 0.4) is 0 Å². The highest BCUT2D eigenvalue weighted by molar-refractivity contribution is 7.25. The van der Waals surface area contributed by atoms with Crippen LogP contribution in [0.2, 0.25) is 0 Å². The van der Waals surface area contributed by atoms with Gasteiger partial charge >= 0.3 is 0 Å². The molecule has 0 aliphatic heterocycles. The lowest BCUT2D eigenvalue weighted by Crippen LogP contribution is -1.94. The maximum absolute atomic E-state index is 7.82. The first-order valence-electron chi connectivity index (χ1n) is 20.8. The van der Waals surface area contributed by atoms with Crippen LogP contribution in [0.5, 0.6) is 0 Å². The van der Waals surface area contributed by atoms with Crippen molar-refractivity contribution in [3.8, 4) is 33.4 Å². The molecule has 0 saturated carbocycles. The Balaban J connectivity index is 0.000000147. The number of benzene rings is 9. The lowest BCUT2D eigenvalue weighted by molar-refractivity contribution is 0.669. The second-order valence-corrected chi connectivity index (χ2v) is 16.1. The predicted octanol–water partition coefficient (Wildman–Crippen LogP) is 16.1. The Hall–Kier alpha value is -7.37. The number of hydrogen-bond acceptors (Lipinski definition) is 4. The number of hydrogen-bond donors (Lipinski definition) is 2. The minimum atomic E-state index is 0.640. The average Bonchev–Trinajstić information content (AvgIpc) is 3.92. The Kier molecular flexibility index (Phi) is 13.2. The van der Waals surface area contributed by atoms with Crippen LogP contribution in [0.25, 0.3) is 75.5 Å². The standard InChI is InChI=1S/C31H21NS.C12H8O.C8H10.C7H9N/c32-20-25-9-6-12-30-31(25)28-19-24(17-18-29(28)33-30)21-13-15-23(16-14-21)27-11-5-4-10-26(27)22-7-2-1-3-8-22;1-3-7-11-9(5-1)10-6-2-4-8-12(10)13-11;1-7-5-3-4-6-8(7)2;8-6-7-4-2-1-3-5-7/h1-20,32H;1-8H;3-6H,1-2H3;1-5H,6,8H2. The van der Waals surface area contributed by atoms with Gasteiger partial charge in [-0.2, -0.15) is 0 Å². The van der Waals surface area contributed by atoms with E-state index in [4.69, 9.17) is 15.6 Å². The van der Waals surface area contributed by atoms with E-state index in [9.17, 15) is 0 Å². The molecule has 2 aromatic heterocycles. The maximum atomic E-state index is 7.82. The molecule has 302 valence electrons. The van der Waals surface area contributed by atoms with Crippen molar-refractivity contribution in [1.29, 1.82) is 5.41 Å². The zero-order chi connectivity index (χ0) is 42.7. The minimum Gasteiger partial charge on any atom is -0.456 e. The van der Waals surface area contributed by atoms with Crippen LogP contribution >= 0.6 is 11.3 Å². The monoisotopic (exact) mass is 820 g/mol. The molecular weight excluding hydrogens is 773 g/mol. The SMILES string of the molecule is Cc1ccccc1C.N=Cc1cccc2sc3ccc(-c4ccc(-c5ccccc5-c5ccccc5)cc4)cc3c12.NCc1ccccc1.c1ccc2c(c1)oc1ccccc12. The second-order valence-electron chi connectivity index (χ2n) is 15.0. The molecule has 0 aliphatic rings.